The second kappa shape index (κ2) is 7.47. The molecule has 1 rings (SSSR count). The molecule has 1 saturated carbocycles. The molecule has 0 spiro atoms. The zero-order valence-corrected chi connectivity index (χ0v) is 12.8. The molecule has 2 atom stereocenters. The predicted octanol–water partition coefficient (Wildman–Crippen LogP) is 1.44. The maximum Gasteiger partial charge on any atom is 0.407 e. The summed E-state index contributed by atoms with van der Waals surface area (Å²) in [5.74, 6) is 0.0583. The lowest BCUT2D eigenvalue weighted by Gasteiger charge is -2.23. The summed E-state index contributed by atoms with van der Waals surface area (Å²) < 4.78 is 9.81. The lowest BCUT2D eigenvalue weighted by molar-refractivity contribution is -0.139. The first-order valence-electron chi connectivity index (χ1n) is 7.09. The third-order valence-corrected chi connectivity index (χ3v) is 3.30. The summed E-state index contributed by atoms with van der Waals surface area (Å²) in [5, 5.41) is 5.98. The molecule has 0 heterocycles. The van der Waals surface area contributed by atoms with E-state index < -0.39 is 11.7 Å². The highest BCUT2D eigenvalue weighted by Crippen LogP contribution is 2.25. The van der Waals surface area contributed by atoms with Crippen molar-refractivity contribution < 1.29 is 19.1 Å². The van der Waals surface area contributed by atoms with Gasteiger partial charge in [-0.1, -0.05) is 6.42 Å². The third kappa shape index (κ3) is 6.23. The van der Waals surface area contributed by atoms with Crippen molar-refractivity contribution in [2.24, 2.45) is 5.92 Å². The second-order valence-corrected chi connectivity index (χ2v) is 6.14. The Labute approximate surface area is 120 Å². The van der Waals surface area contributed by atoms with E-state index in [4.69, 9.17) is 4.74 Å². The first-order chi connectivity index (χ1) is 9.31. The normalized spacial score (nSPS) is 22.4. The Morgan fingerprint density at radius 1 is 1.25 bits per heavy atom. The molecule has 1 fully saturated rings. The Hall–Kier alpha value is -1.30. The number of amides is 1. The molecular formula is C14H26N2O4. The van der Waals surface area contributed by atoms with Crippen LogP contribution in [0.4, 0.5) is 4.79 Å². The van der Waals surface area contributed by atoms with Gasteiger partial charge in [0, 0.05) is 12.6 Å². The van der Waals surface area contributed by atoms with Crippen molar-refractivity contribution in [1.82, 2.24) is 10.6 Å². The zero-order chi connectivity index (χ0) is 15.2. The largest absolute Gasteiger partial charge is 0.468 e. The van der Waals surface area contributed by atoms with Gasteiger partial charge in [-0.3, -0.25) is 4.79 Å². The van der Waals surface area contributed by atoms with E-state index in [1.54, 1.807) is 0 Å². The van der Waals surface area contributed by atoms with Gasteiger partial charge in [0.15, 0.2) is 0 Å². The maximum atomic E-state index is 11.6. The van der Waals surface area contributed by atoms with E-state index in [0.717, 1.165) is 19.3 Å². The molecule has 0 aromatic carbocycles. The molecular weight excluding hydrogens is 260 g/mol. The Morgan fingerprint density at radius 2 is 1.95 bits per heavy atom. The Morgan fingerprint density at radius 3 is 2.55 bits per heavy atom. The van der Waals surface area contributed by atoms with Crippen molar-refractivity contribution in [3.8, 4) is 0 Å². The lowest BCUT2D eigenvalue weighted by Crippen LogP contribution is -2.42. The maximum absolute atomic E-state index is 11.6. The van der Waals surface area contributed by atoms with Gasteiger partial charge >= 0.3 is 12.1 Å². The molecule has 116 valence electrons. The van der Waals surface area contributed by atoms with E-state index >= 15 is 0 Å². The number of ether oxygens (including phenoxy) is 2. The van der Waals surface area contributed by atoms with Gasteiger partial charge < -0.3 is 20.1 Å². The monoisotopic (exact) mass is 286 g/mol. The molecule has 6 nitrogen and oxygen atoms in total. The number of hydrogen-bond donors (Lipinski definition) is 2. The number of alkyl carbamates (subject to hydrolysis) is 1. The van der Waals surface area contributed by atoms with Crippen LogP contribution in [-0.4, -0.2) is 43.9 Å². The topological polar surface area (TPSA) is 76.7 Å². The number of carbonyl (C=O) groups is 2. The molecule has 0 aromatic heterocycles. The lowest BCUT2D eigenvalue weighted by atomic mass is 10.0. The van der Waals surface area contributed by atoms with Gasteiger partial charge in [0.05, 0.1) is 13.7 Å². The standard InChI is InChI=1S/C14H26N2O4/c1-14(2,3)20-13(18)16-8-10-6-5-7-11(10)15-9-12(17)19-4/h10-11,15H,5-9H2,1-4H3,(H,16,18). The van der Waals surface area contributed by atoms with Crippen molar-refractivity contribution in [2.75, 3.05) is 20.2 Å². The molecule has 1 amide bonds. The minimum Gasteiger partial charge on any atom is -0.468 e. The Kier molecular flexibility index (Phi) is 6.26. The first kappa shape index (κ1) is 16.8. The molecule has 0 bridgehead atoms. The van der Waals surface area contributed by atoms with E-state index in [-0.39, 0.29) is 18.6 Å². The van der Waals surface area contributed by atoms with Gasteiger partial charge in [-0.25, -0.2) is 4.79 Å². The fourth-order valence-electron chi connectivity index (χ4n) is 2.37. The molecule has 0 radical (unpaired) electrons. The molecule has 0 aliphatic heterocycles. The van der Waals surface area contributed by atoms with Crippen molar-refractivity contribution in [3.05, 3.63) is 0 Å². The van der Waals surface area contributed by atoms with E-state index in [0.29, 0.717) is 12.5 Å². The molecule has 1 aliphatic carbocycles. The fourth-order valence-corrected chi connectivity index (χ4v) is 2.37. The quantitative estimate of drug-likeness (QED) is 0.748. The molecule has 1 aliphatic rings. The van der Waals surface area contributed by atoms with Gasteiger partial charge in [0.25, 0.3) is 0 Å². The molecule has 2 unspecified atom stereocenters. The third-order valence-electron chi connectivity index (χ3n) is 3.30. The van der Waals surface area contributed by atoms with Crippen LogP contribution in [0.15, 0.2) is 0 Å². The van der Waals surface area contributed by atoms with Crippen LogP contribution in [0.5, 0.6) is 0 Å². The van der Waals surface area contributed by atoms with Crippen molar-refractivity contribution in [1.29, 1.82) is 0 Å². The zero-order valence-electron chi connectivity index (χ0n) is 12.8. The Bertz CT molecular complexity index is 339. The predicted molar refractivity (Wildman–Crippen MR) is 75.4 cm³/mol. The number of carbonyl (C=O) groups excluding carboxylic acids is 2. The highest BCUT2D eigenvalue weighted by atomic mass is 16.6. The van der Waals surface area contributed by atoms with E-state index in [1.165, 1.54) is 7.11 Å². The van der Waals surface area contributed by atoms with Gasteiger partial charge in [0.1, 0.15) is 5.60 Å². The van der Waals surface area contributed by atoms with Gasteiger partial charge in [-0.15, -0.1) is 0 Å². The second-order valence-electron chi connectivity index (χ2n) is 6.14. The summed E-state index contributed by atoms with van der Waals surface area (Å²) in [6.07, 6.45) is 2.75. The Balaban J connectivity index is 2.31. The molecule has 6 heteroatoms. The number of nitrogens with one attached hydrogen (secondary N) is 2. The van der Waals surface area contributed by atoms with E-state index in [9.17, 15) is 9.59 Å². The molecule has 0 aromatic rings. The van der Waals surface area contributed by atoms with Crippen LogP contribution in [0, 0.1) is 5.92 Å². The van der Waals surface area contributed by atoms with Crippen molar-refractivity contribution in [3.63, 3.8) is 0 Å². The van der Waals surface area contributed by atoms with Crippen LogP contribution >= 0.6 is 0 Å². The van der Waals surface area contributed by atoms with Gasteiger partial charge in [0.2, 0.25) is 0 Å². The van der Waals surface area contributed by atoms with Gasteiger partial charge in [-0.2, -0.15) is 0 Å². The summed E-state index contributed by atoms with van der Waals surface area (Å²) in [6.45, 7) is 6.28. The number of esters is 1. The first-order valence-corrected chi connectivity index (χ1v) is 7.09. The van der Waals surface area contributed by atoms with Crippen LogP contribution in [0.25, 0.3) is 0 Å². The van der Waals surface area contributed by atoms with Crippen molar-refractivity contribution >= 4 is 12.1 Å². The highest BCUT2D eigenvalue weighted by Gasteiger charge is 2.28. The summed E-state index contributed by atoms with van der Waals surface area (Å²) in [4.78, 5) is 22.7. The minimum absolute atomic E-state index is 0.212. The average Bonchev–Trinajstić information content (AvgIpc) is 2.78. The summed E-state index contributed by atoms with van der Waals surface area (Å²) in [5.41, 5.74) is -0.484. The van der Waals surface area contributed by atoms with E-state index in [2.05, 4.69) is 15.4 Å². The number of methoxy groups -OCH3 is 1. The van der Waals surface area contributed by atoms with Crippen LogP contribution in [0.2, 0.25) is 0 Å². The van der Waals surface area contributed by atoms with Crippen LogP contribution in [0.1, 0.15) is 40.0 Å². The van der Waals surface area contributed by atoms with E-state index in [1.807, 2.05) is 20.8 Å². The number of rotatable bonds is 5. The smallest absolute Gasteiger partial charge is 0.407 e. The molecule has 20 heavy (non-hydrogen) atoms. The minimum atomic E-state index is -0.484. The fraction of sp³-hybridized carbons (Fsp3) is 0.857. The highest BCUT2D eigenvalue weighted by molar-refractivity contribution is 5.71. The van der Waals surface area contributed by atoms with Gasteiger partial charge in [-0.05, 0) is 39.5 Å². The summed E-state index contributed by atoms with van der Waals surface area (Å²) >= 11 is 0. The molecule has 2 N–H and O–H groups in total. The summed E-state index contributed by atoms with van der Waals surface area (Å²) in [6, 6.07) is 0.240. The van der Waals surface area contributed by atoms with Crippen molar-refractivity contribution in [2.45, 2.75) is 51.7 Å². The average molecular weight is 286 g/mol. The SMILES string of the molecule is COC(=O)CNC1CCCC1CNC(=O)OC(C)(C)C. The van der Waals surface area contributed by atoms with Crippen LogP contribution in [0.3, 0.4) is 0 Å². The summed E-state index contributed by atoms with van der Waals surface area (Å²) in [7, 11) is 1.38. The molecule has 0 saturated heterocycles. The number of hydrogen-bond acceptors (Lipinski definition) is 5. The van der Waals surface area contributed by atoms with Crippen LogP contribution < -0.4 is 10.6 Å². The van der Waals surface area contributed by atoms with Crippen LogP contribution in [-0.2, 0) is 14.3 Å².